The Morgan fingerprint density at radius 3 is 2.94 bits per heavy atom. The Bertz CT molecular complexity index is 482. The summed E-state index contributed by atoms with van der Waals surface area (Å²) in [6.45, 7) is 1.94. The van der Waals surface area contributed by atoms with Crippen LogP contribution in [-0.2, 0) is 0 Å². The maximum Gasteiger partial charge on any atom is 0.345 e. The van der Waals surface area contributed by atoms with Crippen molar-refractivity contribution < 1.29 is 4.92 Å². The predicted molar refractivity (Wildman–Crippen MR) is 62.9 cm³/mol. The number of nitrogens with zero attached hydrogens (tertiary/aromatic N) is 3. The van der Waals surface area contributed by atoms with E-state index in [-0.39, 0.29) is 11.0 Å². The minimum absolute atomic E-state index is 0.00533. The van der Waals surface area contributed by atoms with Crippen molar-refractivity contribution in [3.8, 4) is 0 Å². The average molecular weight is 256 g/mol. The minimum Gasteiger partial charge on any atom is -0.352 e. The van der Waals surface area contributed by atoms with E-state index in [0.717, 1.165) is 16.3 Å². The van der Waals surface area contributed by atoms with Crippen LogP contribution < -0.4 is 5.32 Å². The summed E-state index contributed by atoms with van der Waals surface area (Å²) in [5, 5.41) is 16.9. The Kier molecular flexibility index (Phi) is 3.11. The summed E-state index contributed by atoms with van der Waals surface area (Å²) in [5.74, 6) is 0. The highest BCUT2D eigenvalue weighted by atomic mass is 32.1. The van der Waals surface area contributed by atoms with Gasteiger partial charge in [0.2, 0.25) is 0 Å². The molecule has 16 heavy (non-hydrogen) atoms. The van der Waals surface area contributed by atoms with Gasteiger partial charge in [0.05, 0.1) is 11.0 Å². The number of aromatic nitrogens is 2. The van der Waals surface area contributed by atoms with Crippen molar-refractivity contribution in [3.05, 3.63) is 32.9 Å². The predicted octanol–water partition coefficient (Wildman–Crippen LogP) is 2.68. The lowest BCUT2D eigenvalue weighted by Crippen LogP contribution is -2.05. The van der Waals surface area contributed by atoms with Crippen molar-refractivity contribution in [2.24, 2.45) is 0 Å². The van der Waals surface area contributed by atoms with Gasteiger partial charge in [-0.1, -0.05) is 0 Å². The van der Waals surface area contributed by atoms with Crippen molar-refractivity contribution in [2.75, 3.05) is 5.32 Å². The third-order valence-corrected chi connectivity index (χ3v) is 3.67. The second-order valence-corrected chi connectivity index (χ2v) is 4.93. The fraction of sp³-hybridized carbons (Fsp3) is 0.250. The summed E-state index contributed by atoms with van der Waals surface area (Å²) < 4.78 is 0. The molecule has 0 bridgehead atoms. The third kappa shape index (κ3) is 2.34. The van der Waals surface area contributed by atoms with Crippen LogP contribution in [0.25, 0.3) is 0 Å². The zero-order chi connectivity index (χ0) is 11.5. The molecule has 8 heteroatoms. The van der Waals surface area contributed by atoms with E-state index in [1.165, 1.54) is 17.5 Å². The monoisotopic (exact) mass is 256 g/mol. The number of rotatable bonds is 4. The summed E-state index contributed by atoms with van der Waals surface area (Å²) in [6, 6.07) is 0.00533. The highest BCUT2D eigenvalue weighted by molar-refractivity contribution is 7.18. The molecule has 0 spiro atoms. The normalized spacial score (nSPS) is 12.3. The molecule has 2 aromatic rings. The van der Waals surface area contributed by atoms with Gasteiger partial charge in [-0.2, -0.15) is 0 Å². The summed E-state index contributed by atoms with van der Waals surface area (Å²) in [5.41, 5.74) is 0. The molecule has 1 atom stereocenters. The Morgan fingerprint density at radius 1 is 1.56 bits per heavy atom. The molecule has 2 aromatic heterocycles. The molecule has 0 saturated heterocycles. The van der Waals surface area contributed by atoms with Crippen molar-refractivity contribution in [1.82, 2.24) is 9.97 Å². The number of nitrogens with one attached hydrogen (secondary N) is 1. The molecule has 0 aromatic carbocycles. The van der Waals surface area contributed by atoms with E-state index in [0.29, 0.717) is 5.13 Å². The zero-order valence-electron chi connectivity index (χ0n) is 8.28. The second kappa shape index (κ2) is 4.54. The zero-order valence-corrected chi connectivity index (χ0v) is 9.92. The summed E-state index contributed by atoms with van der Waals surface area (Å²) >= 11 is 2.55. The van der Waals surface area contributed by atoms with Gasteiger partial charge in [0, 0.05) is 11.6 Å². The molecule has 0 aliphatic carbocycles. The van der Waals surface area contributed by atoms with Gasteiger partial charge in [0.15, 0.2) is 5.13 Å². The lowest BCUT2D eigenvalue weighted by molar-refractivity contribution is -0.380. The maximum atomic E-state index is 10.5. The molecular formula is C8H8N4O2S2. The first-order valence-corrected chi connectivity index (χ1v) is 6.12. The lowest BCUT2D eigenvalue weighted by atomic mass is 10.4. The number of anilines is 1. The van der Waals surface area contributed by atoms with Crippen LogP contribution in [0.15, 0.2) is 17.8 Å². The number of thiazole rings is 2. The Hall–Kier alpha value is -1.54. The number of hydrogen-bond acceptors (Lipinski definition) is 7. The maximum absolute atomic E-state index is 10.5. The lowest BCUT2D eigenvalue weighted by Gasteiger charge is -2.08. The first-order chi connectivity index (χ1) is 7.66. The Balaban J connectivity index is 2.06. The van der Waals surface area contributed by atoms with Crippen LogP contribution in [-0.4, -0.2) is 14.9 Å². The van der Waals surface area contributed by atoms with Crippen molar-refractivity contribution in [2.45, 2.75) is 13.0 Å². The summed E-state index contributed by atoms with van der Waals surface area (Å²) in [4.78, 5) is 18.1. The fourth-order valence-electron chi connectivity index (χ4n) is 1.11. The second-order valence-electron chi connectivity index (χ2n) is 3.00. The molecular weight excluding hydrogens is 248 g/mol. The van der Waals surface area contributed by atoms with Crippen molar-refractivity contribution in [3.63, 3.8) is 0 Å². The first-order valence-electron chi connectivity index (χ1n) is 4.43. The Labute approximate surface area is 99.1 Å². The van der Waals surface area contributed by atoms with Gasteiger partial charge in [-0.3, -0.25) is 10.1 Å². The van der Waals surface area contributed by atoms with E-state index >= 15 is 0 Å². The molecule has 0 aliphatic heterocycles. The van der Waals surface area contributed by atoms with Crippen LogP contribution >= 0.6 is 22.7 Å². The molecule has 0 amide bonds. The topological polar surface area (TPSA) is 81.0 Å². The van der Waals surface area contributed by atoms with Gasteiger partial charge in [-0.25, -0.2) is 9.97 Å². The van der Waals surface area contributed by atoms with Crippen LogP contribution in [0.2, 0.25) is 0 Å². The molecule has 2 rings (SSSR count). The van der Waals surface area contributed by atoms with E-state index < -0.39 is 4.92 Å². The SMILES string of the molecule is CC(Nc1ncc([N+](=O)[O-])s1)c1nccs1. The van der Waals surface area contributed by atoms with E-state index in [1.807, 2.05) is 12.3 Å². The van der Waals surface area contributed by atoms with Crippen molar-refractivity contribution in [1.29, 1.82) is 0 Å². The van der Waals surface area contributed by atoms with E-state index in [9.17, 15) is 10.1 Å². The van der Waals surface area contributed by atoms with Crippen LogP contribution in [0, 0.1) is 10.1 Å². The first kappa shape index (κ1) is 11.0. The largest absolute Gasteiger partial charge is 0.352 e. The number of nitro groups is 1. The van der Waals surface area contributed by atoms with E-state index in [2.05, 4.69) is 15.3 Å². The summed E-state index contributed by atoms with van der Waals surface area (Å²) in [6.07, 6.45) is 2.98. The molecule has 1 N–H and O–H groups in total. The van der Waals surface area contributed by atoms with Gasteiger partial charge in [-0.15, -0.1) is 11.3 Å². The molecule has 0 fully saturated rings. The van der Waals surface area contributed by atoms with Gasteiger partial charge < -0.3 is 5.32 Å². The third-order valence-electron chi connectivity index (χ3n) is 1.84. The Morgan fingerprint density at radius 2 is 2.38 bits per heavy atom. The molecule has 84 valence electrons. The molecule has 0 radical (unpaired) electrons. The van der Waals surface area contributed by atoms with Gasteiger partial charge in [0.1, 0.15) is 11.2 Å². The van der Waals surface area contributed by atoms with E-state index in [4.69, 9.17) is 0 Å². The fourth-order valence-corrected chi connectivity index (χ4v) is 2.48. The standard InChI is InChI=1S/C8H8N4O2S2/c1-5(7-9-2-3-15-7)11-8-10-4-6(16-8)12(13)14/h2-5H,1H3,(H,10,11). The highest BCUT2D eigenvalue weighted by Gasteiger charge is 2.14. The van der Waals surface area contributed by atoms with Crippen LogP contribution in [0.1, 0.15) is 18.0 Å². The van der Waals surface area contributed by atoms with E-state index in [1.54, 1.807) is 6.20 Å². The minimum atomic E-state index is -0.448. The average Bonchev–Trinajstić information content (AvgIpc) is 2.87. The van der Waals surface area contributed by atoms with Crippen molar-refractivity contribution >= 4 is 32.8 Å². The van der Waals surface area contributed by atoms with Gasteiger partial charge >= 0.3 is 5.00 Å². The van der Waals surface area contributed by atoms with Gasteiger partial charge in [-0.05, 0) is 18.3 Å². The smallest absolute Gasteiger partial charge is 0.345 e. The van der Waals surface area contributed by atoms with Crippen LogP contribution in [0.5, 0.6) is 0 Å². The van der Waals surface area contributed by atoms with Crippen LogP contribution in [0.4, 0.5) is 10.1 Å². The molecule has 6 nitrogen and oxygen atoms in total. The van der Waals surface area contributed by atoms with Crippen LogP contribution in [0.3, 0.4) is 0 Å². The molecule has 0 saturated carbocycles. The quantitative estimate of drug-likeness (QED) is 0.671. The van der Waals surface area contributed by atoms with Gasteiger partial charge in [0.25, 0.3) is 0 Å². The summed E-state index contributed by atoms with van der Waals surface area (Å²) in [7, 11) is 0. The molecule has 1 unspecified atom stereocenters. The molecule has 2 heterocycles. The number of hydrogen-bond donors (Lipinski definition) is 1. The molecule has 0 aliphatic rings. The highest BCUT2D eigenvalue weighted by Crippen LogP contribution is 2.28.